The second-order valence-corrected chi connectivity index (χ2v) is 5.00. The van der Waals surface area contributed by atoms with Crippen molar-refractivity contribution in [2.45, 2.75) is 39.7 Å². The highest BCUT2D eigenvalue weighted by molar-refractivity contribution is 5.85. The smallest absolute Gasteiger partial charge is 0.412 e. The predicted molar refractivity (Wildman–Crippen MR) is 66.0 cm³/mol. The van der Waals surface area contributed by atoms with Gasteiger partial charge in [0.25, 0.3) is 6.43 Å². The molecule has 3 nitrogen and oxygen atoms in total. The Kier molecular flexibility index (Phi) is 4.27. The van der Waals surface area contributed by atoms with Crippen molar-refractivity contribution in [1.82, 2.24) is 0 Å². The molecule has 18 heavy (non-hydrogen) atoms. The summed E-state index contributed by atoms with van der Waals surface area (Å²) in [6, 6.07) is 4.22. The van der Waals surface area contributed by atoms with Gasteiger partial charge in [0.2, 0.25) is 0 Å². The summed E-state index contributed by atoms with van der Waals surface area (Å²) >= 11 is 0. The van der Waals surface area contributed by atoms with Gasteiger partial charge in [-0.15, -0.1) is 0 Å². The zero-order valence-corrected chi connectivity index (χ0v) is 10.9. The van der Waals surface area contributed by atoms with E-state index in [1.807, 2.05) is 0 Å². The molecule has 0 spiro atoms. The third kappa shape index (κ3) is 4.31. The Labute approximate surface area is 105 Å². The lowest BCUT2D eigenvalue weighted by Crippen LogP contribution is -2.27. The van der Waals surface area contributed by atoms with Crippen LogP contribution in [-0.2, 0) is 4.74 Å². The van der Waals surface area contributed by atoms with Crippen LogP contribution in [0.5, 0.6) is 0 Å². The molecule has 1 amide bonds. The molecule has 0 atom stereocenters. The fourth-order valence-electron chi connectivity index (χ4n) is 1.42. The van der Waals surface area contributed by atoms with Gasteiger partial charge in [0, 0.05) is 11.3 Å². The zero-order valence-electron chi connectivity index (χ0n) is 10.9. The average molecular weight is 257 g/mol. The van der Waals surface area contributed by atoms with Crippen LogP contribution in [0.25, 0.3) is 0 Å². The number of nitrogens with one attached hydrogen (secondary N) is 1. The SMILES string of the molecule is Cc1cc(NC(=O)OC(C)(C)C)ccc1C(F)F. The van der Waals surface area contributed by atoms with Crippen molar-refractivity contribution < 1.29 is 18.3 Å². The minimum absolute atomic E-state index is 0.0373. The average Bonchev–Trinajstić information content (AvgIpc) is 2.13. The lowest BCUT2D eigenvalue weighted by molar-refractivity contribution is 0.0636. The molecule has 5 heteroatoms. The molecular formula is C13H17F2NO2. The Morgan fingerprint density at radius 2 is 1.94 bits per heavy atom. The molecule has 1 N–H and O–H groups in total. The highest BCUT2D eigenvalue weighted by Gasteiger charge is 2.17. The van der Waals surface area contributed by atoms with Crippen LogP contribution in [0.2, 0.25) is 0 Å². The van der Waals surface area contributed by atoms with Crippen LogP contribution in [0, 0.1) is 6.92 Å². The highest BCUT2D eigenvalue weighted by atomic mass is 19.3. The summed E-state index contributed by atoms with van der Waals surface area (Å²) in [6.45, 7) is 6.81. The number of halogens is 2. The number of hydrogen-bond donors (Lipinski definition) is 1. The number of alkyl halides is 2. The summed E-state index contributed by atoms with van der Waals surface area (Å²) in [6.07, 6.45) is -3.12. The van der Waals surface area contributed by atoms with Gasteiger partial charge in [-0.05, 0) is 45.4 Å². The molecule has 0 aliphatic rings. The predicted octanol–water partition coefficient (Wildman–Crippen LogP) is 4.28. The van der Waals surface area contributed by atoms with Gasteiger partial charge in [0.15, 0.2) is 0 Å². The van der Waals surface area contributed by atoms with Crippen LogP contribution in [0.4, 0.5) is 19.3 Å². The third-order valence-electron chi connectivity index (χ3n) is 2.15. The van der Waals surface area contributed by atoms with Crippen molar-refractivity contribution in [3.05, 3.63) is 29.3 Å². The van der Waals surface area contributed by atoms with Crippen LogP contribution >= 0.6 is 0 Å². The van der Waals surface area contributed by atoms with E-state index < -0.39 is 18.1 Å². The molecule has 0 saturated carbocycles. The van der Waals surface area contributed by atoms with E-state index in [0.29, 0.717) is 11.3 Å². The summed E-state index contributed by atoms with van der Waals surface area (Å²) in [5.74, 6) is 0. The number of carbonyl (C=O) groups is 1. The topological polar surface area (TPSA) is 38.3 Å². The first-order valence-corrected chi connectivity index (χ1v) is 5.58. The number of carbonyl (C=O) groups excluding carboxylic acids is 1. The van der Waals surface area contributed by atoms with E-state index >= 15 is 0 Å². The van der Waals surface area contributed by atoms with Gasteiger partial charge in [0.05, 0.1) is 0 Å². The number of aryl methyl sites for hydroxylation is 1. The van der Waals surface area contributed by atoms with Crippen molar-refractivity contribution in [3.8, 4) is 0 Å². The van der Waals surface area contributed by atoms with Crippen molar-refractivity contribution in [2.75, 3.05) is 5.32 Å². The molecule has 0 bridgehead atoms. The molecule has 1 rings (SSSR count). The van der Waals surface area contributed by atoms with Crippen LogP contribution in [0.15, 0.2) is 18.2 Å². The van der Waals surface area contributed by atoms with Crippen molar-refractivity contribution in [1.29, 1.82) is 0 Å². The summed E-state index contributed by atoms with van der Waals surface area (Å²) in [5, 5.41) is 2.50. The van der Waals surface area contributed by atoms with Gasteiger partial charge in [-0.2, -0.15) is 0 Å². The molecule has 1 aromatic carbocycles. The highest BCUT2D eigenvalue weighted by Crippen LogP contribution is 2.25. The molecule has 0 heterocycles. The number of amides is 1. The third-order valence-corrected chi connectivity index (χ3v) is 2.15. The van der Waals surface area contributed by atoms with Gasteiger partial charge in [0.1, 0.15) is 5.60 Å². The molecule has 0 unspecified atom stereocenters. The maximum Gasteiger partial charge on any atom is 0.412 e. The fraction of sp³-hybridized carbons (Fsp3) is 0.462. The van der Waals surface area contributed by atoms with Gasteiger partial charge in [-0.1, -0.05) is 6.07 Å². The lowest BCUT2D eigenvalue weighted by atomic mass is 10.1. The number of ether oxygens (including phenoxy) is 1. The zero-order chi connectivity index (χ0) is 13.9. The van der Waals surface area contributed by atoms with Gasteiger partial charge >= 0.3 is 6.09 Å². The Hall–Kier alpha value is -1.65. The van der Waals surface area contributed by atoms with Gasteiger partial charge in [-0.25, -0.2) is 13.6 Å². The first-order valence-electron chi connectivity index (χ1n) is 5.58. The van der Waals surface area contributed by atoms with Crippen LogP contribution < -0.4 is 5.32 Å². The monoisotopic (exact) mass is 257 g/mol. The van der Waals surface area contributed by atoms with E-state index in [9.17, 15) is 13.6 Å². The Balaban J connectivity index is 2.75. The first-order chi connectivity index (χ1) is 8.19. The van der Waals surface area contributed by atoms with Crippen LogP contribution in [-0.4, -0.2) is 11.7 Å². The first kappa shape index (κ1) is 14.4. The quantitative estimate of drug-likeness (QED) is 0.858. The summed E-state index contributed by atoms with van der Waals surface area (Å²) < 4.78 is 30.1. The molecule has 100 valence electrons. The van der Waals surface area contributed by atoms with E-state index in [-0.39, 0.29) is 5.56 Å². The molecular weight excluding hydrogens is 240 g/mol. The molecule has 0 radical (unpaired) electrons. The fourth-order valence-corrected chi connectivity index (χ4v) is 1.42. The Morgan fingerprint density at radius 3 is 2.39 bits per heavy atom. The Bertz CT molecular complexity index is 439. The molecule has 0 saturated heterocycles. The molecule has 0 aromatic heterocycles. The number of hydrogen-bond acceptors (Lipinski definition) is 2. The normalized spacial score (nSPS) is 11.5. The van der Waals surface area contributed by atoms with E-state index in [1.54, 1.807) is 27.7 Å². The molecule has 0 aliphatic carbocycles. The van der Waals surface area contributed by atoms with Crippen LogP contribution in [0.1, 0.15) is 38.3 Å². The van der Waals surface area contributed by atoms with E-state index in [4.69, 9.17) is 4.74 Å². The number of benzene rings is 1. The van der Waals surface area contributed by atoms with E-state index in [1.165, 1.54) is 18.2 Å². The summed E-state index contributed by atoms with van der Waals surface area (Å²) in [7, 11) is 0. The Morgan fingerprint density at radius 1 is 1.33 bits per heavy atom. The summed E-state index contributed by atoms with van der Waals surface area (Å²) in [4.78, 5) is 11.5. The second-order valence-electron chi connectivity index (χ2n) is 5.00. The van der Waals surface area contributed by atoms with E-state index in [2.05, 4.69) is 5.32 Å². The summed E-state index contributed by atoms with van der Waals surface area (Å²) in [5.41, 5.74) is 0.233. The second kappa shape index (κ2) is 5.33. The van der Waals surface area contributed by atoms with Crippen molar-refractivity contribution in [2.24, 2.45) is 0 Å². The van der Waals surface area contributed by atoms with Crippen molar-refractivity contribution >= 4 is 11.8 Å². The maximum atomic E-state index is 12.5. The lowest BCUT2D eigenvalue weighted by Gasteiger charge is -2.20. The molecule has 1 aromatic rings. The largest absolute Gasteiger partial charge is 0.444 e. The van der Waals surface area contributed by atoms with Crippen molar-refractivity contribution in [3.63, 3.8) is 0 Å². The minimum atomic E-state index is -2.51. The number of rotatable bonds is 2. The van der Waals surface area contributed by atoms with Gasteiger partial charge < -0.3 is 4.74 Å². The maximum absolute atomic E-state index is 12.5. The van der Waals surface area contributed by atoms with Gasteiger partial charge in [-0.3, -0.25) is 5.32 Å². The molecule has 0 aliphatic heterocycles. The number of anilines is 1. The minimum Gasteiger partial charge on any atom is -0.444 e. The standard InChI is InChI=1S/C13H17F2NO2/c1-8-7-9(5-6-10(8)11(14)15)16-12(17)18-13(2,3)4/h5-7,11H,1-4H3,(H,16,17). The van der Waals surface area contributed by atoms with Crippen LogP contribution in [0.3, 0.4) is 0 Å². The van der Waals surface area contributed by atoms with E-state index in [0.717, 1.165) is 0 Å². The molecule has 0 fully saturated rings.